The first-order valence-electron chi connectivity index (χ1n) is 7.34. The van der Waals surface area contributed by atoms with Gasteiger partial charge in [0, 0.05) is 17.8 Å². The van der Waals surface area contributed by atoms with Crippen molar-refractivity contribution in [3.63, 3.8) is 0 Å². The number of imidazole rings is 1. The van der Waals surface area contributed by atoms with Gasteiger partial charge in [0.1, 0.15) is 11.4 Å². The molecular weight excluding hydrogens is 326 g/mol. The van der Waals surface area contributed by atoms with Crippen molar-refractivity contribution in [3.8, 4) is 0 Å². The minimum absolute atomic E-state index is 0.00820. The molecule has 24 heavy (non-hydrogen) atoms. The molecule has 2 N–H and O–H groups in total. The fourth-order valence-corrected chi connectivity index (χ4v) is 3.18. The molecule has 3 heterocycles. The third-order valence-corrected chi connectivity index (χ3v) is 4.52. The van der Waals surface area contributed by atoms with Crippen LogP contribution >= 0.6 is 11.3 Å². The average molecular weight is 339 g/mol. The number of carbonyl (C=O) groups excluding carboxylic acids is 1. The number of hydrogen-bond donors (Lipinski definition) is 2. The number of carbonyl (C=O) groups is 1. The average Bonchev–Trinajstić information content (AvgIpc) is 3.21. The Morgan fingerprint density at radius 1 is 1.38 bits per heavy atom. The molecule has 4 rings (SSSR count). The van der Waals surface area contributed by atoms with Crippen LogP contribution in [0.25, 0.3) is 16.0 Å². The van der Waals surface area contributed by atoms with Gasteiger partial charge in [-0.25, -0.2) is 9.97 Å². The smallest absolute Gasteiger partial charge is 0.271 e. The minimum atomic E-state index is -0.471. The zero-order chi connectivity index (χ0) is 16.7. The van der Waals surface area contributed by atoms with Gasteiger partial charge in [0.25, 0.3) is 11.5 Å². The highest BCUT2D eigenvalue weighted by atomic mass is 32.1. The molecule has 0 saturated carbocycles. The second kappa shape index (κ2) is 5.57. The van der Waals surface area contributed by atoms with E-state index in [1.54, 1.807) is 11.6 Å². The lowest BCUT2D eigenvalue weighted by atomic mass is 10.2. The largest absolute Gasteiger partial charge is 0.342 e. The molecule has 0 unspecified atom stereocenters. The first-order valence-corrected chi connectivity index (χ1v) is 8.22. The van der Waals surface area contributed by atoms with Gasteiger partial charge in [-0.3, -0.25) is 14.0 Å². The van der Waals surface area contributed by atoms with Gasteiger partial charge in [0.05, 0.1) is 17.1 Å². The van der Waals surface area contributed by atoms with E-state index in [0.29, 0.717) is 10.8 Å². The van der Waals surface area contributed by atoms with Crippen molar-refractivity contribution in [1.29, 1.82) is 0 Å². The molecule has 3 aromatic heterocycles. The summed E-state index contributed by atoms with van der Waals surface area (Å²) < 4.78 is 1.37. The molecule has 4 aromatic rings. The predicted molar refractivity (Wildman–Crippen MR) is 91.3 cm³/mol. The van der Waals surface area contributed by atoms with Crippen LogP contribution in [0.3, 0.4) is 0 Å². The van der Waals surface area contributed by atoms with Gasteiger partial charge < -0.3 is 10.3 Å². The molecule has 0 bridgehead atoms. The topological polar surface area (TPSA) is 92.2 Å². The maximum absolute atomic E-state index is 12.4. The van der Waals surface area contributed by atoms with E-state index in [0.717, 1.165) is 11.0 Å². The summed E-state index contributed by atoms with van der Waals surface area (Å²) >= 11 is 1.34. The first-order chi connectivity index (χ1) is 11.6. The fraction of sp³-hybridized carbons (Fsp3) is 0.125. The van der Waals surface area contributed by atoms with Crippen LogP contribution in [0.5, 0.6) is 0 Å². The van der Waals surface area contributed by atoms with Gasteiger partial charge in [0.2, 0.25) is 0 Å². The van der Waals surface area contributed by atoms with Gasteiger partial charge in [-0.05, 0) is 19.1 Å². The molecule has 0 radical (unpaired) electrons. The van der Waals surface area contributed by atoms with Crippen molar-refractivity contribution in [2.75, 3.05) is 0 Å². The summed E-state index contributed by atoms with van der Waals surface area (Å²) in [5.74, 6) is 0.162. The van der Waals surface area contributed by atoms with E-state index in [1.807, 2.05) is 31.2 Å². The van der Waals surface area contributed by atoms with Gasteiger partial charge in [-0.2, -0.15) is 0 Å². The molecule has 0 aliphatic heterocycles. The molecule has 1 atom stereocenters. The number of nitrogens with zero attached hydrogens (tertiary/aromatic N) is 3. The maximum atomic E-state index is 12.4. The Morgan fingerprint density at radius 2 is 2.21 bits per heavy atom. The van der Waals surface area contributed by atoms with E-state index in [4.69, 9.17) is 0 Å². The zero-order valence-electron chi connectivity index (χ0n) is 12.7. The summed E-state index contributed by atoms with van der Waals surface area (Å²) in [5.41, 5.74) is 1.36. The number of H-pyrrole nitrogens is 1. The number of aromatic amines is 1. The van der Waals surface area contributed by atoms with E-state index < -0.39 is 5.91 Å². The number of rotatable bonds is 3. The lowest BCUT2D eigenvalue weighted by Gasteiger charge is -2.11. The highest BCUT2D eigenvalue weighted by Crippen LogP contribution is 2.15. The Morgan fingerprint density at radius 3 is 3.04 bits per heavy atom. The summed E-state index contributed by atoms with van der Waals surface area (Å²) in [7, 11) is 0. The predicted octanol–water partition coefficient (Wildman–Crippen LogP) is 2.12. The van der Waals surface area contributed by atoms with E-state index >= 15 is 0 Å². The number of aromatic nitrogens is 4. The van der Waals surface area contributed by atoms with Crippen LogP contribution < -0.4 is 10.9 Å². The minimum Gasteiger partial charge on any atom is -0.342 e. The van der Waals surface area contributed by atoms with Gasteiger partial charge >= 0.3 is 0 Å². The molecule has 0 aliphatic rings. The zero-order valence-corrected chi connectivity index (χ0v) is 13.5. The van der Waals surface area contributed by atoms with Crippen LogP contribution in [0, 0.1) is 0 Å². The van der Waals surface area contributed by atoms with Crippen molar-refractivity contribution >= 4 is 33.2 Å². The van der Waals surface area contributed by atoms with Gasteiger partial charge in [-0.1, -0.05) is 12.1 Å². The molecular formula is C16H13N5O2S. The second-order valence-corrected chi connectivity index (χ2v) is 6.24. The number of para-hydroxylation sites is 2. The molecule has 0 spiro atoms. The summed E-state index contributed by atoms with van der Waals surface area (Å²) in [5, 5.41) is 4.54. The molecule has 1 amide bonds. The second-order valence-electron chi connectivity index (χ2n) is 5.37. The first kappa shape index (κ1) is 14.6. The van der Waals surface area contributed by atoms with Crippen molar-refractivity contribution in [2.24, 2.45) is 0 Å². The summed E-state index contributed by atoms with van der Waals surface area (Å²) in [6, 6.07) is 7.26. The van der Waals surface area contributed by atoms with Crippen molar-refractivity contribution in [3.05, 3.63) is 63.8 Å². The molecule has 0 aliphatic carbocycles. The van der Waals surface area contributed by atoms with Crippen molar-refractivity contribution in [1.82, 2.24) is 24.7 Å². The molecule has 7 nitrogen and oxygen atoms in total. The van der Waals surface area contributed by atoms with Crippen molar-refractivity contribution in [2.45, 2.75) is 13.0 Å². The van der Waals surface area contributed by atoms with Crippen LogP contribution in [0.1, 0.15) is 29.1 Å². The Balaban J connectivity index is 1.62. The lowest BCUT2D eigenvalue weighted by molar-refractivity contribution is 0.0936. The summed E-state index contributed by atoms with van der Waals surface area (Å²) in [6.45, 7) is 1.81. The third kappa shape index (κ3) is 2.37. The maximum Gasteiger partial charge on any atom is 0.271 e. The standard InChI is InChI=1S/C16H13N5O2S/c1-9(13-19-11-4-2-3-5-12(11)20-13)18-14(22)10-8-17-16-21(15(10)23)6-7-24-16/h2-9H,1H3,(H,18,22)(H,19,20)/t9-/m0/s1. The lowest BCUT2D eigenvalue weighted by Crippen LogP contribution is -2.33. The van der Waals surface area contributed by atoms with Crippen LogP contribution in [-0.4, -0.2) is 25.3 Å². The molecule has 8 heteroatoms. The van der Waals surface area contributed by atoms with E-state index in [-0.39, 0.29) is 17.2 Å². The SMILES string of the molecule is C[C@H](NC(=O)c1cnc2sccn2c1=O)c1nc2ccccc2[nH]1. The monoisotopic (exact) mass is 339 g/mol. The van der Waals surface area contributed by atoms with Crippen LogP contribution in [0.2, 0.25) is 0 Å². The Hall–Kier alpha value is -3.00. The summed E-state index contributed by atoms with van der Waals surface area (Å²) in [4.78, 5) is 37.1. The van der Waals surface area contributed by atoms with Crippen LogP contribution in [-0.2, 0) is 0 Å². The number of amides is 1. The molecule has 0 fully saturated rings. The highest BCUT2D eigenvalue weighted by molar-refractivity contribution is 7.15. The number of nitrogens with one attached hydrogen (secondary N) is 2. The number of benzene rings is 1. The number of fused-ring (bicyclic) bond motifs is 2. The summed E-state index contributed by atoms with van der Waals surface area (Å²) in [6.07, 6.45) is 2.92. The van der Waals surface area contributed by atoms with Gasteiger partial charge in [0.15, 0.2) is 4.96 Å². The normalized spacial score (nSPS) is 12.5. The molecule has 1 aromatic carbocycles. The fourth-order valence-electron chi connectivity index (χ4n) is 2.50. The third-order valence-electron chi connectivity index (χ3n) is 3.75. The van der Waals surface area contributed by atoms with Gasteiger partial charge in [-0.15, -0.1) is 11.3 Å². The van der Waals surface area contributed by atoms with Crippen LogP contribution in [0.4, 0.5) is 0 Å². The Bertz CT molecular complexity index is 1080. The highest BCUT2D eigenvalue weighted by Gasteiger charge is 2.18. The molecule has 0 saturated heterocycles. The van der Waals surface area contributed by atoms with Crippen molar-refractivity contribution < 1.29 is 4.79 Å². The molecule has 120 valence electrons. The number of hydrogen-bond acceptors (Lipinski definition) is 5. The Labute approximate surface area is 140 Å². The quantitative estimate of drug-likeness (QED) is 0.598. The Kier molecular flexibility index (Phi) is 3.39. The van der Waals surface area contributed by atoms with E-state index in [2.05, 4.69) is 20.3 Å². The van der Waals surface area contributed by atoms with E-state index in [9.17, 15) is 9.59 Å². The van der Waals surface area contributed by atoms with Crippen LogP contribution in [0.15, 0.2) is 46.8 Å². The van der Waals surface area contributed by atoms with E-state index in [1.165, 1.54) is 21.9 Å². The number of thiazole rings is 1.